The molecule has 0 radical (unpaired) electrons. The van der Waals surface area contributed by atoms with Crippen LogP contribution in [-0.2, 0) is 4.74 Å². The molecule has 0 aromatic heterocycles. The van der Waals surface area contributed by atoms with Gasteiger partial charge in [-0.15, -0.1) is 0 Å². The zero-order valence-electron chi connectivity index (χ0n) is 8.13. The number of nitrogens with one attached hydrogen (secondary N) is 1. The molecule has 0 amide bonds. The van der Waals surface area contributed by atoms with E-state index in [0.29, 0.717) is 19.2 Å². The zero-order chi connectivity index (χ0) is 9.56. The van der Waals surface area contributed by atoms with E-state index in [1.807, 2.05) is 0 Å². The Morgan fingerprint density at radius 1 is 1.67 bits per heavy atom. The Morgan fingerprint density at radius 2 is 2.25 bits per heavy atom. The fraction of sp³-hybridized carbons (Fsp3) is 0.875. The predicted molar refractivity (Wildman–Crippen MR) is 50.5 cm³/mol. The van der Waals surface area contributed by atoms with Gasteiger partial charge in [-0.2, -0.15) is 0 Å². The summed E-state index contributed by atoms with van der Waals surface area (Å²) in [7, 11) is 1.68. The molecule has 0 heterocycles. The van der Waals surface area contributed by atoms with E-state index in [0.717, 1.165) is 6.54 Å². The molecule has 0 saturated carbocycles. The Bertz CT molecular complexity index is 138. The summed E-state index contributed by atoms with van der Waals surface area (Å²) >= 11 is 0. The Morgan fingerprint density at radius 3 is 2.58 bits per heavy atom. The predicted octanol–water partition coefficient (Wildman–Crippen LogP) is 0.279. The van der Waals surface area contributed by atoms with Crippen molar-refractivity contribution in [1.29, 1.82) is 5.41 Å². The van der Waals surface area contributed by atoms with Crippen LogP contribution >= 0.6 is 0 Å². The molecule has 0 spiro atoms. The van der Waals surface area contributed by atoms with Gasteiger partial charge in [0, 0.05) is 13.2 Å². The number of nitrogens with two attached hydrogens (primary N) is 1. The molecule has 72 valence electrons. The van der Waals surface area contributed by atoms with E-state index in [9.17, 15) is 0 Å². The summed E-state index contributed by atoms with van der Waals surface area (Å²) in [6, 6.07) is 0.323. The highest BCUT2D eigenvalue weighted by Gasteiger charge is 2.11. The molecule has 0 rings (SSSR count). The maximum atomic E-state index is 7.15. The largest absolute Gasteiger partial charge is 0.387 e. The number of hydrogen-bond acceptors (Lipinski definition) is 3. The molecule has 0 aliphatic heterocycles. The first-order chi connectivity index (χ1) is 5.61. The third-order valence-electron chi connectivity index (χ3n) is 1.81. The third-order valence-corrected chi connectivity index (χ3v) is 1.81. The first kappa shape index (κ1) is 11.4. The number of ether oxygens (including phenoxy) is 1. The van der Waals surface area contributed by atoms with Crippen LogP contribution in [0.2, 0.25) is 0 Å². The quantitative estimate of drug-likeness (QED) is 0.448. The molecule has 0 saturated heterocycles. The SMILES string of the molecule is CCN(CC(=N)N)C(C)COC. The molecule has 0 bridgehead atoms. The van der Waals surface area contributed by atoms with E-state index in [2.05, 4.69) is 18.7 Å². The highest BCUT2D eigenvalue weighted by atomic mass is 16.5. The van der Waals surface area contributed by atoms with Gasteiger partial charge in [0.15, 0.2) is 0 Å². The van der Waals surface area contributed by atoms with E-state index in [1.165, 1.54) is 0 Å². The number of amidine groups is 1. The van der Waals surface area contributed by atoms with Crippen molar-refractivity contribution >= 4 is 5.84 Å². The van der Waals surface area contributed by atoms with Gasteiger partial charge >= 0.3 is 0 Å². The van der Waals surface area contributed by atoms with Crippen LogP contribution in [0.3, 0.4) is 0 Å². The smallest absolute Gasteiger partial charge is 0.105 e. The van der Waals surface area contributed by atoms with Crippen LogP contribution in [-0.4, -0.2) is 43.6 Å². The number of nitrogens with zero attached hydrogens (tertiary/aromatic N) is 1. The summed E-state index contributed by atoms with van der Waals surface area (Å²) < 4.78 is 5.02. The molecule has 0 aliphatic rings. The van der Waals surface area contributed by atoms with Gasteiger partial charge in [-0.05, 0) is 13.5 Å². The van der Waals surface area contributed by atoms with E-state index in [4.69, 9.17) is 15.9 Å². The summed E-state index contributed by atoms with van der Waals surface area (Å²) in [6.45, 7) is 6.22. The maximum Gasteiger partial charge on any atom is 0.105 e. The van der Waals surface area contributed by atoms with Crippen molar-refractivity contribution in [3.63, 3.8) is 0 Å². The second kappa shape index (κ2) is 5.97. The van der Waals surface area contributed by atoms with Crippen LogP contribution in [0.25, 0.3) is 0 Å². The number of likely N-dealkylation sites (N-methyl/N-ethyl adjacent to an activating group) is 1. The lowest BCUT2D eigenvalue weighted by Crippen LogP contribution is -2.41. The number of rotatable bonds is 6. The summed E-state index contributed by atoms with van der Waals surface area (Å²) in [5.74, 6) is 0.208. The van der Waals surface area contributed by atoms with Crippen molar-refractivity contribution in [3.05, 3.63) is 0 Å². The average Bonchev–Trinajstić information content (AvgIpc) is 2.00. The van der Waals surface area contributed by atoms with Crippen molar-refractivity contribution < 1.29 is 4.74 Å². The van der Waals surface area contributed by atoms with Gasteiger partial charge in [0.2, 0.25) is 0 Å². The lowest BCUT2D eigenvalue weighted by Gasteiger charge is -2.26. The van der Waals surface area contributed by atoms with Crippen LogP contribution in [0.15, 0.2) is 0 Å². The fourth-order valence-electron chi connectivity index (χ4n) is 1.14. The molecule has 4 nitrogen and oxygen atoms in total. The molecule has 0 aromatic rings. The van der Waals surface area contributed by atoms with Gasteiger partial charge in [0.25, 0.3) is 0 Å². The average molecular weight is 173 g/mol. The fourth-order valence-corrected chi connectivity index (χ4v) is 1.14. The molecule has 12 heavy (non-hydrogen) atoms. The molecule has 0 aromatic carbocycles. The van der Waals surface area contributed by atoms with E-state index < -0.39 is 0 Å². The second-order valence-electron chi connectivity index (χ2n) is 2.89. The monoisotopic (exact) mass is 173 g/mol. The van der Waals surface area contributed by atoms with Crippen molar-refractivity contribution in [2.24, 2.45) is 5.73 Å². The molecular formula is C8H19N3O. The van der Waals surface area contributed by atoms with Gasteiger partial charge in [-0.3, -0.25) is 10.3 Å². The lowest BCUT2D eigenvalue weighted by atomic mass is 10.3. The van der Waals surface area contributed by atoms with E-state index in [1.54, 1.807) is 7.11 Å². The van der Waals surface area contributed by atoms with Crippen LogP contribution in [0.5, 0.6) is 0 Å². The first-order valence-electron chi connectivity index (χ1n) is 4.17. The van der Waals surface area contributed by atoms with Crippen LogP contribution < -0.4 is 5.73 Å². The summed E-state index contributed by atoms with van der Waals surface area (Å²) in [4.78, 5) is 2.10. The molecule has 4 heteroatoms. The van der Waals surface area contributed by atoms with E-state index in [-0.39, 0.29) is 5.84 Å². The number of hydrogen-bond donors (Lipinski definition) is 2. The first-order valence-corrected chi connectivity index (χ1v) is 4.17. The van der Waals surface area contributed by atoms with Crippen LogP contribution in [0.4, 0.5) is 0 Å². The molecule has 0 fully saturated rings. The highest BCUT2D eigenvalue weighted by molar-refractivity contribution is 5.78. The molecule has 1 unspecified atom stereocenters. The molecular weight excluding hydrogens is 154 g/mol. The Kier molecular flexibility index (Phi) is 5.66. The Hall–Kier alpha value is -0.610. The minimum Gasteiger partial charge on any atom is -0.387 e. The minimum atomic E-state index is 0.208. The van der Waals surface area contributed by atoms with Gasteiger partial charge in [-0.1, -0.05) is 6.92 Å². The van der Waals surface area contributed by atoms with Crippen LogP contribution in [0, 0.1) is 5.41 Å². The van der Waals surface area contributed by atoms with Crippen molar-refractivity contribution in [2.45, 2.75) is 19.9 Å². The van der Waals surface area contributed by atoms with Crippen LogP contribution in [0.1, 0.15) is 13.8 Å². The Balaban J connectivity index is 3.86. The minimum absolute atomic E-state index is 0.208. The second-order valence-corrected chi connectivity index (χ2v) is 2.89. The topological polar surface area (TPSA) is 62.3 Å². The zero-order valence-corrected chi connectivity index (χ0v) is 8.13. The van der Waals surface area contributed by atoms with Gasteiger partial charge in [0.1, 0.15) is 5.84 Å². The van der Waals surface area contributed by atoms with Gasteiger partial charge in [-0.25, -0.2) is 0 Å². The lowest BCUT2D eigenvalue weighted by molar-refractivity contribution is 0.112. The van der Waals surface area contributed by atoms with Gasteiger partial charge < -0.3 is 10.5 Å². The highest BCUT2D eigenvalue weighted by Crippen LogP contribution is 1.97. The number of methoxy groups -OCH3 is 1. The van der Waals surface area contributed by atoms with Crippen molar-refractivity contribution in [2.75, 3.05) is 26.8 Å². The third kappa shape index (κ3) is 4.31. The summed E-state index contributed by atoms with van der Waals surface area (Å²) in [5.41, 5.74) is 5.30. The van der Waals surface area contributed by atoms with Gasteiger partial charge in [0.05, 0.1) is 13.2 Å². The van der Waals surface area contributed by atoms with Crippen molar-refractivity contribution in [3.8, 4) is 0 Å². The Labute approximate surface area is 74.2 Å². The molecule has 3 N–H and O–H groups in total. The van der Waals surface area contributed by atoms with E-state index >= 15 is 0 Å². The van der Waals surface area contributed by atoms with Crippen molar-refractivity contribution in [1.82, 2.24) is 4.90 Å². The molecule has 0 aliphatic carbocycles. The standard InChI is InChI=1S/C8H19N3O/c1-4-11(5-8(9)10)7(2)6-12-3/h7H,4-6H2,1-3H3,(H3,9,10). The summed E-state index contributed by atoms with van der Waals surface area (Å²) in [6.07, 6.45) is 0. The summed E-state index contributed by atoms with van der Waals surface area (Å²) in [5, 5.41) is 7.15. The maximum absolute atomic E-state index is 7.15. The normalized spacial score (nSPS) is 13.3. The molecule has 1 atom stereocenters.